The molecule has 0 heterocycles. The molecule has 1 nitrogen and oxygen atoms in total. The predicted octanol–water partition coefficient (Wildman–Crippen LogP) is 3.70. The first kappa shape index (κ1) is 12.5. The Bertz CT molecular complexity index is 265. The molecule has 0 bridgehead atoms. The Hall–Kier alpha value is -0.560. The number of aliphatic hydroxyl groups is 1. The summed E-state index contributed by atoms with van der Waals surface area (Å²) in [4.78, 5) is 0. The molecule has 0 fully saturated rings. The zero-order valence-corrected chi connectivity index (χ0v) is 10.5. The normalized spacial score (nSPS) is 25.5. The number of allylic oxidation sites excluding steroid dienone is 3. The van der Waals surface area contributed by atoms with Crippen LogP contribution < -0.4 is 0 Å². The fourth-order valence-corrected chi connectivity index (χ4v) is 2.22. The summed E-state index contributed by atoms with van der Waals surface area (Å²) in [5.74, 6) is 0.714. The minimum Gasteiger partial charge on any atom is -0.392 e. The highest BCUT2D eigenvalue weighted by Gasteiger charge is 2.33. The standard InChI is InChI=1S/C14H24O/c1-5-12(10-15)7-9-13-8-6-11(2)14(13,3)4/h6-7,13,15H,5,8-10H2,1-4H3/b12-7-/t13-/m0/s1. The zero-order valence-electron chi connectivity index (χ0n) is 10.5. The van der Waals surface area contributed by atoms with Crippen molar-refractivity contribution in [1.29, 1.82) is 0 Å². The highest BCUT2D eigenvalue weighted by Crippen LogP contribution is 2.44. The van der Waals surface area contributed by atoms with Gasteiger partial charge in [-0.15, -0.1) is 0 Å². The lowest BCUT2D eigenvalue weighted by atomic mass is 9.76. The summed E-state index contributed by atoms with van der Waals surface area (Å²) in [7, 11) is 0. The van der Waals surface area contributed by atoms with Gasteiger partial charge in [-0.05, 0) is 43.1 Å². The van der Waals surface area contributed by atoms with Gasteiger partial charge in [-0.3, -0.25) is 0 Å². The molecular formula is C14H24O. The Morgan fingerprint density at radius 3 is 2.67 bits per heavy atom. The molecule has 0 aliphatic heterocycles. The number of hydrogen-bond donors (Lipinski definition) is 1. The Balaban J connectivity index is 2.59. The molecule has 0 aromatic rings. The summed E-state index contributed by atoms with van der Waals surface area (Å²) in [6, 6.07) is 0. The first-order valence-electron chi connectivity index (χ1n) is 5.98. The second kappa shape index (κ2) is 4.98. The Morgan fingerprint density at radius 1 is 1.60 bits per heavy atom. The van der Waals surface area contributed by atoms with Crippen LogP contribution in [-0.4, -0.2) is 11.7 Å². The average molecular weight is 208 g/mol. The summed E-state index contributed by atoms with van der Waals surface area (Å²) < 4.78 is 0. The van der Waals surface area contributed by atoms with Gasteiger partial charge in [0.05, 0.1) is 6.61 Å². The molecule has 0 saturated heterocycles. The molecule has 0 unspecified atom stereocenters. The quantitative estimate of drug-likeness (QED) is 0.698. The van der Waals surface area contributed by atoms with E-state index in [2.05, 4.69) is 39.8 Å². The van der Waals surface area contributed by atoms with Gasteiger partial charge in [0.2, 0.25) is 0 Å². The van der Waals surface area contributed by atoms with Crippen molar-refractivity contribution in [2.75, 3.05) is 6.61 Å². The van der Waals surface area contributed by atoms with Crippen molar-refractivity contribution in [2.45, 2.75) is 47.0 Å². The molecule has 86 valence electrons. The molecule has 0 aromatic carbocycles. The Kier molecular flexibility index (Phi) is 4.15. The summed E-state index contributed by atoms with van der Waals surface area (Å²) in [5.41, 5.74) is 3.03. The van der Waals surface area contributed by atoms with Crippen LogP contribution in [0.3, 0.4) is 0 Å². The zero-order chi connectivity index (χ0) is 11.5. The van der Waals surface area contributed by atoms with Gasteiger partial charge < -0.3 is 5.11 Å². The largest absolute Gasteiger partial charge is 0.392 e. The van der Waals surface area contributed by atoms with Crippen molar-refractivity contribution in [3.63, 3.8) is 0 Å². The molecule has 15 heavy (non-hydrogen) atoms. The van der Waals surface area contributed by atoms with E-state index in [0.29, 0.717) is 11.3 Å². The molecule has 1 rings (SSSR count). The SMILES string of the molecule is CC/C(=C/C[C@@H]1CC=C(C)C1(C)C)CO. The molecule has 0 amide bonds. The van der Waals surface area contributed by atoms with Crippen LogP contribution in [0.15, 0.2) is 23.3 Å². The summed E-state index contributed by atoms with van der Waals surface area (Å²) in [5, 5.41) is 9.10. The molecule has 0 saturated carbocycles. The molecule has 1 atom stereocenters. The molecule has 0 radical (unpaired) electrons. The van der Waals surface area contributed by atoms with Crippen LogP contribution in [0.25, 0.3) is 0 Å². The second-order valence-corrected chi connectivity index (χ2v) is 5.15. The van der Waals surface area contributed by atoms with Gasteiger partial charge >= 0.3 is 0 Å². The van der Waals surface area contributed by atoms with E-state index in [0.717, 1.165) is 12.8 Å². The van der Waals surface area contributed by atoms with Gasteiger partial charge in [-0.1, -0.05) is 38.5 Å². The number of rotatable bonds is 4. The fraction of sp³-hybridized carbons (Fsp3) is 0.714. The van der Waals surface area contributed by atoms with Crippen LogP contribution in [0.1, 0.15) is 47.0 Å². The minimum absolute atomic E-state index is 0.218. The highest BCUT2D eigenvalue weighted by molar-refractivity contribution is 5.19. The maximum absolute atomic E-state index is 9.10. The lowest BCUT2D eigenvalue weighted by molar-refractivity contribution is 0.291. The van der Waals surface area contributed by atoms with Crippen LogP contribution in [0, 0.1) is 11.3 Å². The molecule has 0 aromatic heterocycles. The van der Waals surface area contributed by atoms with E-state index in [1.54, 1.807) is 0 Å². The van der Waals surface area contributed by atoms with E-state index in [-0.39, 0.29) is 6.61 Å². The van der Waals surface area contributed by atoms with E-state index < -0.39 is 0 Å². The highest BCUT2D eigenvalue weighted by atomic mass is 16.3. The van der Waals surface area contributed by atoms with Crippen LogP contribution in [0.2, 0.25) is 0 Å². The van der Waals surface area contributed by atoms with Gasteiger partial charge in [-0.25, -0.2) is 0 Å². The van der Waals surface area contributed by atoms with Crippen molar-refractivity contribution in [2.24, 2.45) is 11.3 Å². The topological polar surface area (TPSA) is 20.2 Å². The van der Waals surface area contributed by atoms with Crippen LogP contribution in [0.4, 0.5) is 0 Å². The van der Waals surface area contributed by atoms with E-state index in [1.165, 1.54) is 17.6 Å². The first-order chi connectivity index (χ1) is 7.02. The molecule has 1 aliphatic carbocycles. The van der Waals surface area contributed by atoms with E-state index in [9.17, 15) is 0 Å². The van der Waals surface area contributed by atoms with E-state index >= 15 is 0 Å². The van der Waals surface area contributed by atoms with Gasteiger partial charge in [0, 0.05) is 0 Å². The summed E-state index contributed by atoms with van der Waals surface area (Å²) in [6.45, 7) is 9.21. The monoisotopic (exact) mass is 208 g/mol. The lowest BCUT2D eigenvalue weighted by Gasteiger charge is -2.29. The third-order valence-corrected chi connectivity index (χ3v) is 4.09. The van der Waals surface area contributed by atoms with Crippen molar-refractivity contribution >= 4 is 0 Å². The Morgan fingerprint density at radius 2 is 2.27 bits per heavy atom. The third kappa shape index (κ3) is 2.72. The Labute approximate surface area is 93.9 Å². The summed E-state index contributed by atoms with van der Waals surface area (Å²) >= 11 is 0. The van der Waals surface area contributed by atoms with Crippen LogP contribution >= 0.6 is 0 Å². The van der Waals surface area contributed by atoms with Gasteiger partial charge in [0.1, 0.15) is 0 Å². The fourth-order valence-electron chi connectivity index (χ4n) is 2.22. The second-order valence-electron chi connectivity index (χ2n) is 5.15. The first-order valence-corrected chi connectivity index (χ1v) is 5.98. The summed E-state index contributed by atoms with van der Waals surface area (Å²) in [6.07, 6.45) is 7.86. The van der Waals surface area contributed by atoms with Crippen molar-refractivity contribution in [1.82, 2.24) is 0 Å². The van der Waals surface area contributed by atoms with Crippen molar-refractivity contribution in [3.8, 4) is 0 Å². The molecular weight excluding hydrogens is 184 g/mol. The molecule has 0 spiro atoms. The van der Waals surface area contributed by atoms with E-state index in [4.69, 9.17) is 5.11 Å². The molecule has 1 heteroatoms. The van der Waals surface area contributed by atoms with Gasteiger partial charge in [0.25, 0.3) is 0 Å². The van der Waals surface area contributed by atoms with Gasteiger partial charge in [-0.2, -0.15) is 0 Å². The number of hydrogen-bond acceptors (Lipinski definition) is 1. The van der Waals surface area contributed by atoms with E-state index in [1.807, 2.05) is 0 Å². The maximum atomic E-state index is 9.10. The average Bonchev–Trinajstić information content (AvgIpc) is 2.45. The molecule has 1 aliphatic rings. The smallest absolute Gasteiger partial charge is 0.0641 e. The molecule has 1 N–H and O–H groups in total. The predicted molar refractivity (Wildman–Crippen MR) is 65.7 cm³/mol. The van der Waals surface area contributed by atoms with Gasteiger partial charge in [0.15, 0.2) is 0 Å². The lowest BCUT2D eigenvalue weighted by Crippen LogP contribution is -2.19. The third-order valence-electron chi connectivity index (χ3n) is 4.09. The van der Waals surface area contributed by atoms with Crippen LogP contribution in [-0.2, 0) is 0 Å². The van der Waals surface area contributed by atoms with Crippen LogP contribution in [0.5, 0.6) is 0 Å². The van der Waals surface area contributed by atoms with Crippen molar-refractivity contribution in [3.05, 3.63) is 23.3 Å². The maximum Gasteiger partial charge on any atom is 0.0641 e. The minimum atomic E-state index is 0.218. The van der Waals surface area contributed by atoms with Crippen molar-refractivity contribution < 1.29 is 5.11 Å². The number of aliphatic hydroxyl groups excluding tert-OH is 1.